The van der Waals surface area contributed by atoms with Crippen molar-refractivity contribution in [1.29, 1.82) is 0 Å². The molecule has 6 heteroatoms. The highest BCUT2D eigenvalue weighted by Gasteiger charge is 2.25. The van der Waals surface area contributed by atoms with E-state index in [-0.39, 0.29) is 23.8 Å². The summed E-state index contributed by atoms with van der Waals surface area (Å²) in [5.74, 6) is 0.624. The van der Waals surface area contributed by atoms with Crippen molar-refractivity contribution in [2.45, 2.75) is 19.3 Å². The van der Waals surface area contributed by atoms with Crippen molar-refractivity contribution in [2.75, 3.05) is 5.32 Å². The zero-order valence-corrected chi connectivity index (χ0v) is 17.2. The fraction of sp³-hybridized carbons (Fsp3) is 0.115. The maximum atomic E-state index is 12.8. The number of amides is 1. The predicted molar refractivity (Wildman–Crippen MR) is 122 cm³/mol. The molecule has 32 heavy (non-hydrogen) atoms. The number of phenolic OH excluding ortho intramolecular Hbond substituents is 2. The number of phenols is 2. The molecule has 0 unspecified atom stereocenters. The molecule has 4 aromatic rings. The summed E-state index contributed by atoms with van der Waals surface area (Å²) in [5, 5.41) is 22.2. The van der Waals surface area contributed by atoms with Crippen molar-refractivity contribution in [3.8, 4) is 22.8 Å². The zero-order chi connectivity index (χ0) is 22.1. The molecule has 0 bridgehead atoms. The summed E-state index contributed by atoms with van der Waals surface area (Å²) in [6, 6.07) is 21.7. The van der Waals surface area contributed by atoms with Crippen LogP contribution in [0.25, 0.3) is 11.3 Å². The van der Waals surface area contributed by atoms with E-state index in [1.54, 1.807) is 36.4 Å². The second-order valence-electron chi connectivity index (χ2n) is 7.89. The minimum atomic E-state index is -0.201. The lowest BCUT2D eigenvalue weighted by atomic mass is 10.1. The van der Waals surface area contributed by atoms with Gasteiger partial charge < -0.3 is 15.5 Å². The topological polar surface area (TPSA) is 95.3 Å². The molecule has 1 heterocycles. The van der Waals surface area contributed by atoms with Gasteiger partial charge in [0, 0.05) is 18.4 Å². The van der Waals surface area contributed by atoms with Crippen LogP contribution in [0.15, 0.2) is 72.8 Å². The standard InChI is InChI=1S/C26H21N3O3/c30-19-8-6-17(7-9-19)13-24(32)29-26-23(12-16-4-2-1-3-5-16)27-25-21-11-10-20(31)14-18(21)15-22(25)28-26/h1-11,14,30-31H,12-13,15H2,(H,28,29,32). The molecule has 1 aliphatic rings. The second-order valence-corrected chi connectivity index (χ2v) is 7.89. The largest absolute Gasteiger partial charge is 0.508 e. The van der Waals surface area contributed by atoms with Gasteiger partial charge in [-0.1, -0.05) is 42.5 Å². The van der Waals surface area contributed by atoms with Crippen molar-refractivity contribution in [3.05, 3.63) is 101 Å². The van der Waals surface area contributed by atoms with E-state index in [2.05, 4.69) is 5.32 Å². The summed E-state index contributed by atoms with van der Waals surface area (Å²) in [6.07, 6.45) is 1.25. The summed E-state index contributed by atoms with van der Waals surface area (Å²) < 4.78 is 0. The fourth-order valence-corrected chi connectivity index (χ4v) is 3.97. The van der Waals surface area contributed by atoms with Crippen molar-refractivity contribution in [2.24, 2.45) is 0 Å². The highest BCUT2D eigenvalue weighted by molar-refractivity contribution is 5.92. The van der Waals surface area contributed by atoms with Crippen LogP contribution in [0.4, 0.5) is 5.82 Å². The quantitative estimate of drug-likeness (QED) is 0.393. The Morgan fingerprint density at radius 2 is 1.62 bits per heavy atom. The van der Waals surface area contributed by atoms with Gasteiger partial charge in [0.1, 0.15) is 11.5 Å². The first kappa shape index (κ1) is 19.8. The Morgan fingerprint density at radius 3 is 2.41 bits per heavy atom. The maximum absolute atomic E-state index is 12.8. The molecule has 3 N–H and O–H groups in total. The first-order valence-corrected chi connectivity index (χ1v) is 10.4. The Kier molecular flexibility index (Phi) is 5.03. The average molecular weight is 423 g/mol. The fourth-order valence-electron chi connectivity index (χ4n) is 3.97. The number of hydrogen-bond acceptors (Lipinski definition) is 5. The number of aromatic hydroxyl groups is 2. The number of fused-ring (bicyclic) bond motifs is 3. The lowest BCUT2D eigenvalue weighted by Gasteiger charge is -2.13. The Hall–Kier alpha value is -4.19. The molecule has 3 aromatic carbocycles. The molecule has 0 saturated carbocycles. The summed E-state index contributed by atoms with van der Waals surface area (Å²) in [7, 11) is 0. The van der Waals surface area contributed by atoms with Gasteiger partial charge >= 0.3 is 0 Å². The van der Waals surface area contributed by atoms with Gasteiger partial charge in [0.15, 0.2) is 5.82 Å². The number of nitrogens with one attached hydrogen (secondary N) is 1. The Morgan fingerprint density at radius 1 is 0.875 bits per heavy atom. The molecular formula is C26H21N3O3. The van der Waals surface area contributed by atoms with Gasteiger partial charge in [-0.05, 0) is 47.0 Å². The molecule has 1 aliphatic carbocycles. The van der Waals surface area contributed by atoms with Crippen molar-refractivity contribution in [1.82, 2.24) is 9.97 Å². The number of carbonyl (C=O) groups excluding carboxylic acids is 1. The van der Waals surface area contributed by atoms with Crippen molar-refractivity contribution >= 4 is 11.7 Å². The zero-order valence-electron chi connectivity index (χ0n) is 17.2. The third-order valence-electron chi connectivity index (χ3n) is 5.52. The first-order chi connectivity index (χ1) is 15.5. The number of anilines is 1. The molecule has 1 amide bonds. The van der Waals surface area contributed by atoms with Gasteiger partial charge in [-0.15, -0.1) is 0 Å². The summed E-state index contributed by atoms with van der Waals surface area (Å²) >= 11 is 0. The Labute approximate surface area is 185 Å². The summed E-state index contributed by atoms with van der Waals surface area (Å²) in [6.45, 7) is 0. The predicted octanol–water partition coefficient (Wildman–Crippen LogP) is 4.23. The van der Waals surface area contributed by atoms with Crippen molar-refractivity contribution < 1.29 is 15.0 Å². The van der Waals surface area contributed by atoms with Crippen LogP contribution < -0.4 is 5.32 Å². The van der Waals surface area contributed by atoms with E-state index in [1.807, 2.05) is 36.4 Å². The third kappa shape index (κ3) is 4.03. The van der Waals surface area contributed by atoms with Gasteiger partial charge in [-0.3, -0.25) is 4.79 Å². The molecule has 0 atom stereocenters. The van der Waals surface area contributed by atoms with E-state index in [0.29, 0.717) is 24.4 Å². The highest BCUT2D eigenvalue weighted by atomic mass is 16.3. The van der Waals surface area contributed by atoms with Crippen molar-refractivity contribution in [3.63, 3.8) is 0 Å². The average Bonchev–Trinajstić information content (AvgIpc) is 3.12. The van der Waals surface area contributed by atoms with Crippen LogP contribution in [0.2, 0.25) is 0 Å². The number of carbonyl (C=O) groups is 1. The van der Waals surface area contributed by atoms with E-state index < -0.39 is 0 Å². The van der Waals surface area contributed by atoms with Gasteiger partial charge in [0.2, 0.25) is 5.91 Å². The van der Waals surface area contributed by atoms with E-state index in [1.165, 1.54) is 0 Å². The maximum Gasteiger partial charge on any atom is 0.229 e. The van der Waals surface area contributed by atoms with E-state index in [4.69, 9.17) is 9.97 Å². The minimum absolute atomic E-state index is 0.161. The number of rotatable bonds is 5. The monoisotopic (exact) mass is 423 g/mol. The third-order valence-corrected chi connectivity index (χ3v) is 5.52. The van der Waals surface area contributed by atoms with Crippen LogP contribution in [0.3, 0.4) is 0 Å². The molecule has 0 fully saturated rings. The number of nitrogens with zero attached hydrogens (tertiary/aromatic N) is 2. The molecule has 0 saturated heterocycles. The van der Waals surface area contributed by atoms with Gasteiger partial charge in [-0.2, -0.15) is 0 Å². The SMILES string of the molecule is O=C(Cc1ccc(O)cc1)Nc1nc2c(nc1Cc1ccccc1)-c1ccc(O)cc1C2. The molecule has 0 radical (unpaired) electrons. The highest BCUT2D eigenvalue weighted by Crippen LogP contribution is 2.37. The molecule has 0 spiro atoms. The van der Waals surface area contributed by atoms with Gasteiger partial charge in [-0.25, -0.2) is 9.97 Å². The van der Waals surface area contributed by atoms with E-state index in [0.717, 1.165) is 33.6 Å². The van der Waals surface area contributed by atoms with E-state index >= 15 is 0 Å². The summed E-state index contributed by atoms with van der Waals surface area (Å²) in [5.41, 5.74) is 6.06. The van der Waals surface area contributed by atoms with Crippen LogP contribution in [0, 0.1) is 0 Å². The van der Waals surface area contributed by atoms with Gasteiger partial charge in [0.25, 0.3) is 0 Å². The van der Waals surface area contributed by atoms with Crippen LogP contribution in [-0.2, 0) is 24.1 Å². The number of aromatic nitrogens is 2. The van der Waals surface area contributed by atoms with Crippen LogP contribution in [-0.4, -0.2) is 26.1 Å². The molecule has 0 aliphatic heterocycles. The van der Waals surface area contributed by atoms with Crippen LogP contribution in [0.1, 0.15) is 28.1 Å². The van der Waals surface area contributed by atoms with Crippen LogP contribution in [0.5, 0.6) is 11.5 Å². The summed E-state index contributed by atoms with van der Waals surface area (Å²) in [4.78, 5) is 22.4. The van der Waals surface area contributed by atoms with Gasteiger partial charge in [0.05, 0.1) is 23.5 Å². The molecule has 158 valence electrons. The van der Waals surface area contributed by atoms with E-state index in [9.17, 15) is 15.0 Å². The number of benzene rings is 3. The molecule has 5 rings (SSSR count). The minimum Gasteiger partial charge on any atom is -0.508 e. The number of hydrogen-bond donors (Lipinski definition) is 3. The normalized spacial score (nSPS) is 11.6. The molecular weight excluding hydrogens is 402 g/mol. The molecule has 6 nitrogen and oxygen atoms in total. The smallest absolute Gasteiger partial charge is 0.229 e. The van der Waals surface area contributed by atoms with Crippen LogP contribution >= 0.6 is 0 Å². The second kappa shape index (κ2) is 8.15. The Balaban J connectivity index is 1.48. The first-order valence-electron chi connectivity index (χ1n) is 10.4. The Bertz CT molecular complexity index is 1300. The molecule has 1 aromatic heterocycles. The lowest BCUT2D eigenvalue weighted by molar-refractivity contribution is -0.115. The lowest BCUT2D eigenvalue weighted by Crippen LogP contribution is -2.18.